The van der Waals surface area contributed by atoms with Crippen LogP contribution >= 0.6 is 0 Å². The summed E-state index contributed by atoms with van der Waals surface area (Å²) in [6.07, 6.45) is 6.97. The number of amides is 1. The average Bonchev–Trinajstić information content (AvgIpc) is 2.68. The summed E-state index contributed by atoms with van der Waals surface area (Å²) in [5, 5.41) is 6.46. The van der Waals surface area contributed by atoms with Crippen molar-refractivity contribution in [2.75, 3.05) is 11.9 Å². The first kappa shape index (κ1) is 20.0. The Labute approximate surface area is 166 Å². The number of hydrogen-bond acceptors (Lipinski definition) is 5. The second-order valence-electron chi connectivity index (χ2n) is 7.77. The Balaban J connectivity index is 1.57. The molecule has 0 bridgehead atoms. The van der Waals surface area contributed by atoms with E-state index >= 15 is 0 Å². The minimum Gasteiger partial charge on any atom is -0.385 e. The van der Waals surface area contributed by atoms with Crippen molar-refractivity contribution >= 4 is 17.9 Å². The summed E-state index contributed by atoms with van der Waals surface area (Å²) in [4.78, 5) is 33.0. The van der Waals surface area contributed by atoms with Gasteiger partial charge in [0.05, 0.1) is 0 Å². The predicted octanol–water partition coefficient (Wildman–Crippen LogP) is 3.45. The van der Waals surface area contributed by atoms with Gasteiger partial charge in [0, 0.05) is 41.3 Å². The molecule has 3 rings (SSSR count). The molecule has 0 saturated heterocycles. The van der Waals surface area contributed by atoms with E-state index in [-0.39, 0.29) is 11.9 Å². The summed E-state index contributed by atoms with van der Waals surface area (Å²) in [6.45, 7) is 4.53. The topological polar surface area (TPSA) is 84.0 Å². The minimum absolute atomic E-state index is 0.00284. The standard InChI is InChI=1S/C22H28N4O2/c1-16-5-3-7-20(25-16)21(28)26-19-6-4-9-22(14-19,15-27)10-12-24-18-8-11-23-17(2)13-18/h3,5,7-8,11,13,15,19H,4,6,9-10,12,14H2,1-2H3,(H,23,24)(H,26,28)/t19-,22-/m0/s1. The molecule has 0 unspecified atom stereocenters. The van der Waals surface area contributed by atoms with Gasteiger partial charge in [-0.3, -0.25) is 9.78 Å². The van der Waals surface area contributed by atoms with E-state index < -0.39 is 5.41 Å². The molecule has 6 nitrogen and oxygen atoms in total. The van der Waals surface area contributed by atoms with Crippen LogP contribution < -0.4 is 10.6 Å². The number of aryl methyl sites for hydroxylation is 2. The van der Waals surface area contributed by atoms with E-state index in [2.05, 4.69) is 20.6 Å². The fourth-order valence-electron chi connectivity index (χ4n) is 3.95. The molecule has 1 saturated carbocycles. The van der Waals surface area contributed by atoms with E-state index in [1.165, 1.54) is 0 Å². The van der Waals surface area contributed by atoms with Crippen LogP contribution in [0.1, 0.15) is 54.0 Å². The molecular weight excluding hydrogens is 352 g/mol. The second-order valence-corrected chi connectivity index (χ2v) is 7.77. The van der Waals surface area contributed by atoms with Crippen LogP contribution in [-0.4, -0.2) is 34.7 Å². The molecule has 148 valence electrons. The molecule has 2 aromatic rings. The van der Waals surface area contributed by atoms with E-state index in [1.807, 2.05) is 38.1 Å². The zero-order chi connectivity index (χ0) is 20.0. The summed E-state index contributed by atoms with van der Waals surface area (Å²) >= 11 is 0. The summed E-state index contributed by atoms with van der Waals surface area (Å²) in [7, 11) is 0. The molecular formula is C22H28N4O2. The molecule has 1 aliphatic carbocycles. The minimum atomic E-state index is -0.398. The molecule has 6 heteroatoms. The monoisotopic (exact) mass is 380 g/mol. The number of carbonyl (C=O) groups is 2. The number of carbonyl (C=O) groups excluding carboxylic acids is 2. The third-order valence-corrected chi connectivity index (χ3v) is 5.44. The van der Waals surface area contributed by atoms with Gasteiger partial charge < -0.3 is 15.4 Å². The molecule has 2 N–H and O–H groups in total. The largest absolute Gasteiger partial charge is 0.385 e. The lowest BCUT2D eigenvalue weighted by Gasteiger charge is -2.37. The molecule has 0 aromatic carbocycles. The molecule has 28 heavy (non-hydrogen) atoms. The van der Waals surface area contributed by atoms with Crippen molar-refractivity contribution < 1.29 is 9.59 Å². The number of pyridine rings is 2. The van der Waals surface area contributed by atoms with Gasteiger partial charge in [0.15, 0.2) is 0 Å². The van der Waals surface area contributed by atoms with Gasteiger partial charge in [0.1, 0.15) is 12.0 Å². The van der Waals surface area contributed by atoms with Gasteiger partial charge >= 0.3 is 0 Å². The van der Waals surface area contributed by atoms with Gasteiger partial charge in [-0.1, -0.05) is 12.5 Å². The number of aldehydes is 1. The van der Waals surface area contributed by atoms with Gasteiger partial charge in [0.25, 0.3) is 5.91 Å². The molecule has 0 spiro atoms. The van der Waals surface area contributed by atoms with Crippen molar-refractivity contribution in [3.63, 3.8) is 0 Å². The van der Waals surface area contributed by atoms with E-state index in [9.17, 15) is 9.59 Å². The Morgan fingerprint density at radius 1 is 1.29 bits per heavy atom. The highest BCUT2D eigenvalue weighted by molar-refractivity contribution is 5.92. The summed E-state index contributed by atoms with van der Waals surface area (Å²) in [6, 6.07) is 9.34. The van der Waals surface area contributed by atoms with Crippen LogP contribution in [0.25, 0.3) is 0 Å². The lowest BCUT2D eigenvalue weighted by Crippen LogP contribution is -2.44. The Morgan fingerprint density at radius 3 is 2.89 bits per heavy atom. The number of nitrogens with one attached hydrogen (secondary N) is 2. The Hall–Kier alpha value is -2.76. The number of aromatic nitrogens is 2. The lowest BCUT2D eigenvalue weighted by molar-refractivity contribution is -0.118. The zero-order valence-corrected chi connectivity index (χ0v) is 16.6. The molecule has 2 aromatic heterocycles. The van der Waals surface area contributed by atoms with Gasteiger partial charge in [-0.15, -0.1) is 0 Å². The van der Waals surface area contributed by atoms with Crippen molar-refractivity contribution in [1.29, 1.82) is 0 Å². The van der Waals surface area contributed by atoms with E-state index in [1.54, 1.807) is 12.3 Å². The molecule has 2 atom stereocenters. The molecule has 2 heterocycles. The van der Waals surface area contributed by atoms with E-state index in [4.69, 9.17) is 0 Å². The normalized spacial score (nSPS) is 21.7. The maximum atomic E-state index is 12.5. The lowest BCUT2D eigenvalue weighted by atomic mass is 9.71. The van der Waals surface area contributed by atoms with Crippen LogP contribution in [0.4, 0.5) is 5.69 Å². The Bertz CT molecular complexity index is 839. The van der Waals surface area contributed by atoms with Gasteiger partial charge in [-0.25, -0.2) is 4.98 Å². The molecule has 1 fully saturated rings. The van der Waals surface area contributed by atoms with Crippen molar-refractivity contribution in [1.82, 2.24) is 15.3 Å². The number of anilines is 1. The SMILES string of the molecule is Cc1cc(NCC[C@@]2(C=O)CCC[C@H](NC(=O)c3cccc(C)n3)C2)ccn1. The van der Waals surface area contributed by atoms with Crippen LogP contribution in [0.3, 0.4) is 0 Å². The second kappa shape index (κ2) is 8.95. The van der Waals surface area contributed by atoms with Crippen molar-refractivity contribution in [2.45, 2.75) is 52.0 Å². The van der Waals surface area contributed by atoms with Crippen LogP contribution in [0.15, 0.2) is 36.5 Å². The van der Waals surface area contributed by atoms with Crippen LogP contribution in [0.2, 0.25) is 0 Å². The molecule has 0 aliphatic heterocycles. The first-order valence-corrected chi connectivity index (χ1v) is 9.87. The molecule has 1 aliphatic rings. The van der Waals surface area contributed by atoms with Crippen LogP contribution in [-0.2, 0) is 4.79 Å². The number of nitrogens with zero attached hydrogens (tertiary/aromatic N) is 2. The Morgan fingerprint density at radius 2 is 2.14 bits per heavy atom. The number of hydrogen-bond donors (Lipinski definition) is 2. The van der Waals surface area contributed by atoms with Crippen molar-refractivity contribution in [3.05, 3.63) is 53.6 Å². The van der Waals surface area contributed by atoms with Crippen molar-refractivity contribution in [3.8, 4) is 0 Å². The highest BCUT2D eigenvalue weighted by Gasteiger charge is 2.36. The maximum Gasteiger partial charge on any atom is 0.270 e. The molecule has 1 amide bonds. The maximum absolute atomic E-state index is 12.5. The van der Waals surface area contributed by atoms with Gasteiger partial charge in [0.2, 0.25) is 0 Å². The predicted molar refractivity (Wildman–Crippen MR) is 109 cm³/mol. The van der Waals surface area contributed by atoms with E-state index in [0.29, 0.717) is 18.7 Å². The quantitative estimate of drug-likeness (QED) is 0.719. The first-order valence-electron chi connectivity index (χ1n) is 9.87. The van der Waals surface area contributed by atoms with Gasteiger partial charge in [-0.05, 0) is 63.8 Å². The summed E-state index contributed by atoms with van der Waals surface area (Å²) < 4.78 is 0. The zero-order valence-electron chi connectivity index (χ0n) is 16.6. The van der Waals surface area contributed by atoms with Crippen LogP contribution in [0.5, 0.6) is 0 Å². The smallest absolute Gasteiger partial charge is 0.270 e. The third kappa shape index (κ3) is 5.15. The summed E-state index contributed by atoms with van der Waals surface area (Å²) in [5.74, 6) is -0.166. The average molecular weight is 380 g/mol. The van der Waals surface area contributed by atoms with E-state index in [0.717, 1.165) is 49.0 Å². The summed E-state index contributed by atoms with van der Waals surface area (Å²) in [5.41, 5.74) is 2.82. The van der Waals surface area contributed by atoms with Gasteiger partial charge in [-0.2, -0.15) is 0 Å². The highest BCUT2D eigenvalue weighted by Crippen LogP contribution is 2.37. The third-order valence-electron chi connectivity index (χ3n) is 5.44. The molecule has 0 radical (unpaired) electrons. The van der Waals surface area contributed by atoms with Crippen molar-refractivity contribution in [2.24, 2.45) is 5.41 Å². The highest BCUT2D eigenvalue weighted by atomic mass is 16.2. The number of rotatable bonds is 7. The fourth-order valence-corrected chi connectivity index (χ4v) is 3.95. The fraction of sp³-hybridized carbons (Fsp3) is 0.455. The first-order chi connectivity index (χ1) is 13.5. The van der Waals surface area contributed by atoms with Crippen LogP contribution in [0, 0.1) is 19.3 Å². The Kier molecular flexibility index (Phi) is 6.39.